The van der Waals surface area contributed by atoms with Gasteiger partial charge in [0.25, 0.3) is 5.91 Å². The lowest BCUT2D eigenvalue weighted by Crippen LogP contribution is -2.44. The molecule has 2 aliphatic rings. The van der Waals surface area contributed by atoms with Crippen molar-refractivity contribution >= 4 is 29.1 Å². The fourth-order valence-electron chi connectivity index (χ4n) is 3.13. The van der Waals surface area contributed by atoms with Gasteiger partial charge in [0.1, 0.15) is 23.7 Å². The summed E-state index contributed by atoms with van der Waals surface area (Å²) in [7, 11) is 0. The number of carbonyl (C=O) groups excluding carboxylic acids is 2. The molecule has 0 bridgehead atoms. The topological polar surface area (TPSA) is 79.2 Å². The Morgan fingerprint density at radius 1 is 1.40 bits per heavy atom. The van der Waals surface area contributed by atoms with E-state index >= 15 is 0 Å². The molecule has 132 valence electrons. The van der Waals surface area contributed by atoms with Gasteiger partial charge in [0, 0.05) is 12.1 Å². The number of para-hydroxylation sites is 1. The molecule has 1 N–H and O–H groups in total. The van der Waals surface area contributed by atoms with E-state index in [9.17, 15) is 14.7 Å². The van der Waals surface area contributed by atoms with Crippen LogP contribution in [0.5, 0.6) is 5.75 Å². The fraction of sp³-hybridized carbons (Fsp3) is 0.389. The molecule has 0 radical (unpaired) electrons. The molecule has 25 heavy (non-hydrogen) atoms. The van der Waals surface area contributed by atoms with Crippen molar-refractivity contribution in [1.82, 2.24) is 4.90 Å². The third-order valence-corrected chi connectivity index (χ3v) is 4.66. The van der Waals surface area contributed by atoms with Gasteiger partial charge < -0.3 is 9.84 Å². The van der Waals surface area contributed by atoms with Crippen LogP contribution in [0.2, 0.25) is 5.02 Å². The van der Waals surface area contributed by atoms with Gasteiger partial charge in [-0.1, -0.05) is 23.7 Å². The van der Waals surface area contributed by atoms with E-state index in [1.807, 2.05) is 12.1 Å². The van der Waals surface area contributed by atoms with E-state index < -0.39 is 11.9 Å². The second-order valence-corrected chi connectivity index (χ2v) is 6.39. The number of carbonyl (C=O) groups is 2. The highest BCUT2D eigenvalue weighted by atomic mass is 35.5. The Morgan fingerprint density at radius 3 is 2.88 bits per heavy atom. The van der Waals surface area contributed by atoms with Crippen LogP contribution in [-0.2, 0) is 9.59 Å². The minimum absolute atomic E-state index is 0.0497. The first-order valence-corrected chi connectivity index (χ1v) is 8.56. The first-order valence-electron chi connectivity index (χ1n) is 8.19. The predicted octanol–water partition coefficient (Wildman–Crippen LogP) is 2.91. The molecule has 3 rings (SSSR count). The van der Waals surface area contributed by atoms with Crippen LogP contribution >= 0.6 is 11.6 Å². The molecule has 0 spiro atoms. The molecule has 1 saturated heterocycles. The van der Waals surface area contributed by atoms with Gasteiger partial charge in [0.2, 0.25) is 5.91 Å². The van der Waals surface area contributed by atoms with Crippen molar-refractivity contribution in [1.29, 1.82) is 0 Å². The second kappa shape index (κ2) is 7.27. The fourth-order valence-corrected chi connectivity index (χ4v) is 3.32. The van der Waals surface area contributed by atoms with E-state index in [4.69, 9.17) is 16.3 Å². The van der Waals surface area contributed by atoms with Gasteiger partial charge in [-0.3, -0.25) is 19.5 Å². The minimum atomic E-state index is -0.534. The molecule has 0 unspecified atom stereocenters. The average Bonchev–Trinajstić information content (AvgIpc) is 2.85. The van der Waals surface area contributed by atoms with E-state index in [1.165, 1.54) is 0 Å². The Balaban J connectivity index is 1.66. The number of halogens is 1. The van der Waals surface area contributed by atoms with Crippen molar-refractivity contribution in [2.45, 2.75) is 32.2 Å². The normalized spacial score (nSPS) is 21.0. The number of piperidine rings is 1. The van der Waals surface area contributed by atoms with Crippen molar-refractivity contribution in [3.63, 3.8) is 0 Å². The van der Waals surface area contributed by atoms with Crippen LogP contribution in [-0.4, -0.2) is 46.7 Å². The summed E-state index contributed by atoms with van der Waals surface area (Å²) in [4.78, 5) is 29.9. The lowest BCUT2D eigenvalue weighted by atomic mass is 10.0. The number of aliphatic hydroxyl groups excluding tert-OH is 1. The number of hydrogen-bond donors (Lipinski definition) is 1. The molecule has 0 aliphatic carbocycles. The lowest BCUT2D eigenvalue weighted by molar-refractivity contribution is -0.145. The van der Waals surface area contributed by atoms with E-state index in [0.29, 0.717) is 42.3 Å². The quantitative estimate of drug-likeness (QED) is 0.496. The Kier molecular flexibility index (Phi) is 5.08. The molecule has 1 atom stereocenters. The zero-order valence-electron chi connectivity index (χ0n) is 13.9. The third kappa shape index (κ3) is 3.39. The van der Waals surface area contributed by atoms with Crippen LogP contribution in [0.3, 0.4) is 0 Å². The van der Waals surface area contributed by atoms with Crippen LogP contribution in [0.15, 0.2) is 40.6 Å². The molecule has 1 fully saturated rings. The maximum atomic E-state index is 12.5. The molecule has 2 aliphatic heterocycles. The van der Waals surface area contributed by atoms with Gasteiger partial charge in [-0.15, -0.1) is 0 Å². The van der Waals surface area contributed by atoms with Gasteiger partial charge in [0.05, 0.1) is 17.6 Å². The molecule has 7 heteroatoms. The van der Waals surface area contributed by atoms with Crippen LogP contribution in [0, 0.1) is 0 Å². The number of fused-ring (bicyclic) bond motifs is 1. The number of nitrogens with zero attached hydrogens (tertiary/aromatic N) is 2. The number of aliphatic hydroxyl groups is 1. The Morgan fingerprint density at radius 2 is 2.16 bits per heavy atom. The first-order chi connectivity index (χ1) is 12.0. The molecule has 2 amide bonds. The monoisotopic (exact) mass is 362 g/mol. The van der Waals surface area contributed by atoms with Crippen molar-refractivity contribution in [2.24, 2.45) is 4.99 Å². The number of imide groups is 1. The molecule has 0 aromatic heterocycles. The van der Waals surface area contributed by atoms with Crippen molar-refractivity contribution < 1.29 is 19.4 Å². The summed E-state index contributed by atoms with van der Waals surface area (Å²) in [6, 6.07) is 6.60. The molecule has 0 saturated carbocycles. The predicted molar refractivity (Wildman–Crippen MR) is 94.1 cm³/mol. The summed E-state index contributed by atoms with van der Waals surface area (Å²) in [5.74, 6) is -0.178. The number of aliphatic imine (C=N–C) groups is 1. The van der Waals surface area contributed by atoms with Crippen molar-refractivity contribution in [2.75, 3.05) is 13.2 Å². The number of ether oxygens (including phenoxy) is 1. The average molecular weight is 363 g/mol. The SMILES string of the molecule is CC(=NCCOc1ccccc1Cl)C1=C(O)[C@@H]2CCCC(=O)N2C1=O. The largest absolute Gasteiger partial charge is 0.509 e. The standard InChI is InChI=1S/C18H19ClN2O4/c1-11(20-9-10-25-14-7-3-2-5-12(14)19)16-17(23)13-6-4-8-15(22)21(13)18(16)24/h2-3,5,7,13,23H,4,6,8-10H2,1H3/t13-/m0/s1. The molecule has 6 nitrogen and oxygen atoms in total. The smallest absolute Gasteiger partial charge is 0.266 e. The highest BCUT2D eigenvalue weighted by molar-refractivity contribution is 6.32. The number of rotatable bonds is 5. The summed E-state index contributed by atoms with van der Waals surface area (Å²) >= 11 is 6.01. The molecular formula is C18H19ClN2O4. The molecule has 2 heterocycles. The maximum absolute atomic E-state index is 12.5. The van der Waals surface area contributed by atoms with Crippen LogP contribution in [0.25, 0.3) is 0 Å². The summed E-state index contributed by atoms with van der Waals surface area (Å²) < 4.78 is 5.55. The van der Waals surface area contributed by atoms with Crippen LogP contribution in [0.1, 0.15) is 26.2 Å². The zero-order chi connectivity index (χ0) is 18.0. The maximum Gasteiger partial charge on any atom is 0.266 e. The van der Waals surface area contributed by atoms with Crippen LogP contribution in [0.4, 0.5) is 0 Å². The van der Waals surface area contributed by atoms with Crippen molar-refractivity contribution in [3.8, 4) is 5.75 Å². The van der Waals surface area contributed by atoms with Crippen LogP contribution < -0.4 is 4.74 Å². The highest BCUT2D eigenvalue weighted by Crippen LogP contribution is 2.32. The van der Waals surface area contributed by atoms with Gasteiger partial charge in [-0.05, 0) is 31.9 Å². The van der Waals surface area contributed by atoms with Gasteiger partial charge in [-0.25, -0.2) is 0 Å². The van der Waals surface area contributed by atoms with E-state index in [-0.39, 0.29) is 23.8 Å². The minimum Gasteiger partial charge on any atom is -0.509 e. The Bertz CT molecular complexity index is 772. The highest BCUT2D eigenvalue weighted by Gasteiger charge is 2.45. The van der Waals surface area contributed by atoms with Gasteiger partial charge in [-0.2, -0.15) is 0 Å². The summed E-state index contributed by atoms with van der Waals surface area (Å²) in [6.07, 6.45) is 1.60. The second-order valence-electron chi connectivity index (χ2n) is 5.98. The van der Waals surface area contributed by atoms with E-state index in [0.717, 1.165) is 4.90 Å². The zero-order valence-corrected chi connectivity index (χ0v) is 14.6. The van der Waals surface area contributed by atoms with Gasteiger partial charge in [0.15, 0.2) is 0 Å². The molecule has 1 aromatic carbocycles. The summed E-state index contributed by atoms with van der Waals surface area (Å²) in [5.41, 5.74) is 0.547. The third-order valence-electron chi connectivity index (χ3n) is 4.35. The van der Waals surface area contributed by atoms with Gasteiger partial charge >= 0.3 is 0 Å². The molecule has 1 aromatic rings. The van der Waals surface area contributed by atoms with Crippen molar-refractivity contribution in [3.05, 3.63) is 40.6 Å². The number of hydrogen-bond acceptors (Lipinski definition) is 5. The summed E-state index contributed by atoms with van der Waals surface area (Å²) in [5, 5.41) is 10.9. The van der Waals surface area contributed by atoms with E-state index in [2.05, 4.69) is 4.99 Å². The Hall–Kier alpha value is -2.34. The Labute approximate surface area is 150 Å². The number of benzene rings is 1. The lowest BCUT2D eigenvalue weighted by Gasteiger charge is -2.27. The first kappa shape index (κ1) is 17.5. The summed E-state index contributed by atoms with van der Waals surface area (Å²) in [6.45, 7) is 2.25. The molecular weight excluding hydrogens is 344 g/mol. The number of amides is 2. The van der Waals surface area contributed by atoms with E-state index in [1.54, 1.807) is 19.1 Å².